The van der Waals surface area contributed by atoms with Crippen LogP contribution in [-0.4, -0.2) is 29.0 Å². The molecule has 96 valence electrons. The van der Waals surface area contributed by atoms with Crippen molar-refractivity contribution >= 4 is 0 Å². The zero-order valence-electron chi connectivity index (χ0n) is 10.8. The van der Waals surface area contributed by atoms with Gasteiger partial charge in [-0.3, -0.25) is 0 Å². The topological polar surface area (TPSA) is 60.2 Å². The van der Waals surface area contributed by atoms with Crippen molar-refractivity contribution in [1.82, 2.24) is 15.5 Å². The summed E-state index contributed by atoms with van der Waals surface area (Å²) in [5.74, 6) is 1.81. The summed E-state index contributed by atoms with van der Waals surface area (Å²) < 4.78 is 11.0. The molecule has 0 atom stereocenters. The number of nitrogens with one attached hydrogen (secondary N) is 1. The number of ether oxygens (including phenoxy) is 1. The molecule has 5 heteroatoms. The van der Waals surface area contributed by atoms with Crippen molar-refractivity contribution in [3.8, 4) is 0 Å². The predicted molar refractivity (Wildman–Crippen MR) is 63.7 cm³/mol. The maximum Gasteiger partial charge on any atom is 0.230 e. The molecule has 2 rings (SSSR count). The van der Waals surface area contributed by atoms with Gasteiger partial charge in [-0.15, -0.1) is 10.2 Å². The van der Waals surface area contributed by atoms with Gasteiger partial charge in [0.2, 0.25) is 11.8 Å². The van der Waals surface area contributed by atoms with Gasteiger partial charge in [-0.05, 0) is 33.6 Å². The molecule has 0 spiro atoms. The fourth-order valence-corrected chi connectivity index (χ4v) is 1.79. The average Bonchev–Trinajstić information content (AvgIpc) is 2.75. The van der Waals surface area contributed by atoms with Crippen LogP contribution < -0.4 is 5.32 Å². The number of aromatic nitrogens is 2. The standard InChI is InChI=1S/C12H21N3O2/c1-12(2,3)13-8-10-14-15-11(17-10)9-4-6-16-7-5-9/h9,13H,4-8H2,1-3H3. The van der Waals surface area contributed by atoms with Gasteiger partial charge in [-0.2, -0.15) is 0 Å². The Hall–Kier alpha value is -0.940. The Morgan fingerprint density at radius 1 is 1.24 bits per heavy atom. The third-order valence-electron chi connectivity index (χ3n) is 2.82. The third-order valence-corrected chi connectivity index (χ3v) is 2.82. The summed E-state index contributed by atoms with van der Waals surface area (Å²) in [5.41, 5.74) is 0.0628. The first-order valence-corrected chi connectivity index (χ1v) is 6.20. The second-order valence-corrected chi connectivity index (χ2v) is 5.52. The molecule has 0 radical (unpaired) electrons. The Kier molecular flexibility index (Phi) is 3.79. The molecule has 1 aliphatic heterocycles. The van der Waals surface area contributed by atoms with E-state index in [0.717, 1.165) is 31.9 Å². The highest BCUT2D eigenvalue weighted by Gasteiger charge is 2.22. The van der Waals surface area contributed by atoms with E-state index in [0.29, 0.717) is 18.4 Å². The molecule has 1 aromatic heterocycles. The Morgan fingerprint density at radius 2 is 1.94 bits per heavy atom. The van der Waals surface area contributed by atoms with Gasteiger partial charge < -0.3 is 14.5 Å². The molecule has 0 saturated carbocycles. The molecule has 2 heterocycles. The van der Waals surface area contributed by atoms with Crippen LogP contribution >= 0.6 is 0 Å². The zero-order valence-corrected chi connectivity index (χ0v) is 10.8. The average molecular weight is 239 g/mol. The lowest BCUT2D eigenvalue weighted by molar-refractivity contribution is 0.0791. The van der Waals surface area contributed by atoms with Gasteiger partial charge in [0, 0.05) is 24.7 Å². The van der Waals surface area contributed by atoms with E-state index < -0.39 is 0 Å². The van der Waals surface area contributed by atoms with Crippen molar-refractivity contribution in [1.29, 1.82) is 0 Å². The van der Waals surface area contributed by atoms with E-state index in [-0.39, 0.29) is 5.54 Å². The summed E-state index contributed by atoms with van der Waals surface area (Å²) in [6.45, 7) is 8.55. The molecule has 0 bridgehead atoms. The fourth-order valence-electron chi connectivity index (χ4n) is 1.79. The molecule has 0 aromatic carbocycles. The van der Waals surface area contributed by atoms with Gasteiger partial charge in [0.05, 0.1) is 6.54 Å². The van der Waals surface area contributed by atoms with E-state index in [4.69, 9.17) is 9.15 Å². The highest BCUT2D eigenvalue weighted by atomic mass is 16.5. The van der Waals surface area contributed by atoms with Crippen molar-refractivity contribution in [3.63, 3.8) is 0 Å². The smallest absolute Gasteiger partial charge is 0.230 e. The van der Waals surface area contributed by atoms with Crippen molar-refractivity contribution < 1.29 is 9.15 Å². The Labute approximate surface area is 102 Å². The van der Waals surface area contributed by atoms with Gasteiger partial charge in [-0.25, -0.2) is 0 Å². The van der Waals surface area contributed by atoms with E-state index >= 15 is 0 Å². The molecule has 0 unspecified atom stereocenters. The molecule has 1 N–H and O–H groups in total. The SMILES string of the molecule is CC(C)(C)NCc1nnc(C2CCOCC2)o1. The molecule has 1 fully saturated rings. The summed E-state index contributed by atoms with van der Waals surface area (Å²) in [4.78, 5) is 0. The second-order valence-electron chi connectivity index (χ2n) is 5.52. The second kappa shape index (κ2) is 5.14. The van der Waals surface area contributed by atoms with E-state index in [9.17, 15) is 0 Å². The molecule has 5 nitrogen and oxygen atoms in total. The molecular formula is C12H21N3O2. The van der Waals surface area contributed by atoms with Crippen LogP contribution in [0, 0.1) is 0 Å². The fraction of sp³-hybridized carbons (Fsp3) is 0.833. The summed E-state index contributed by atoms with van der Waals surface area (Å²) in [6, 6.07) is 0. The summed E-state index contributed by atoms with van der Waals surface area (Å²) in [5, 5.41) is 11.5. The molecule has 0 aliphatic carbocycles. The van der Waals surface area contributed by atoms with Crippen LogP contribution in [0.3, 0.4) is 0 Å². The van der Waals surface area contributed by atoms with Crippen LogP contribution in [0.5, 0.6) is 0 Å². The summed E-state index contributed by atoms with van der Waals surface area (Å²) >= 11 is 0. The molecule has 0 amide bonds. The van der Waals surface area contributed by atoms with Crippen LogP contribution in [0.1, 0.15) is 51.3 Å². The van der Waals surface area contributed by atoms with Gasteiger partial charge in [0.15, 0.2) is 0 Å². The molecular weight excluding hydrogens is 218 g/mol. The highest BCUT2D eigenvalue weighted by Crippen LogP contribution is 2.25. The van der Waals surface area contributed by atoms with Gasteiger partial charge in [0.1, 0.15) is 0 Å². The van der Waals surface area contributed by atoms with E-state index in [1.807, 2.05) is 0 Å². The van der Waals surface area contributed by atoms with E-state index in [1.165, 1.54) is 0 Å². The lowest BCUT2D eigenvalue weighted by Gasteiger charge is -2.19. The van der Waals surface area contributed by atoms with Crippen LogP contribution in [0.15, 0.2) is 4.42 Å². The van der Waals surface area contributed by atoms with Crippen LogP contribution in [0.2, 0.25) is 0 Å². The van der Waals surface area contributed by atoms with Crippen molar-refractivity contribution in [2.45, 2.75) is 51.6 Å². The molecule has 1 aliphatic rings. The first-order valence-electron chi connectivity index (χ1n) is 6.20. The predicted octanol–water partition coefficient (Wildman–Crippen LogP) is 1.85. The normalized spacial score (nSPS) is 18.5. The maximum atomic E-state index is 5.68. The zero-order chi connectivity index (χ0) is 12.3. The first kappa shape index (κ1) is 12.5. The minimum absolute atomic E-state index is 0.0628. The minimum atomic E-state index is 0.0628. The minimum Gasteiger partial charge on any atom is -0.424 e. The molecule has 1 aromatic rings. The number of hydrogen-bond acceptors (Lipinski definition) is 5. The van der Waals surface area contributed by atoms with E-state index in [2.05, 4.69) is 36.3 Å². The third kappa shape index (κ3) is 3.78. The van der Waals surface area contributed by atoms with Gasteiger partial charge in [-0.1, -0.05) is 0 Å². The maximum absolute atomic E-state index is 5.68. The van der Waals surface area contributed by atoms with Gasteiger partial charge >= 0.3 is 0 Å². The van der Waals surface area contributed by atoms with Crippen LogP contribution in [0.25, 0.3) is 0 Å². The molecule has 17 heavy (non-hydrogen) atoms. The van der Waals surface area contributed by atoms with E-state index in [1.54, 1.807) is 0 Å². The summed E-state index contributed by atoms with van der Waals surface area (Å²) in [6.07, 6.45) is 1.96. The highest BCUT2D eigenvalue weighted by molar-refractivity contribution is 4.93. The first-order chi connectivity index (χ1) is 8.04. The van der Waals surface area contributed by atoms with Crippen molar-refractivity contribution in [2.75, 3.05) is 13.2 Å². The Bertz CT molecular complexity index is 351. The lowest BCUT2D eigenvalue weighted by atomic mass is 10.0. The molecule has 1 saturated heterocycles. The largest absolute Gasteiger partial charge is 0.424 e. The lowest BCUT2D eigenvalue weighted by Crippen LogP contribution is -2.35. The number of hydrogen-bond donors (Lipinski definition) is 1. The van der Waals surface area contributed by atoms with Gasteiger partial charge in [0.25, 0.3) is 0 Å². The van der Waals surface area contributed by atoms with Crippen LogP contribution in [0.4, 0.5) is 0 Å². The quantitative estimate of drug-likeness (QED) is 0.872. The Morgan fingerprint density at radius 3 is 2.59 bits per heavy atom. The van der Waals surface area contributed by atoms with Crippen molar-refractivity contribution in [3.05, 3.63) is 11.8 Å². The summed E-state index contributed by atoms with van der Waals surface area (Å²) in [7, 11) is 0. The number of nitrogens with zero attached hydrogens (tertiary/aromatic N) is 2. The van der Waals surface area contributed by atoms with Crippen LogP contribution in [-0.2, 0) is 11.3 Å². The van der Waals surface area contributed by atoms with Crippen molar-refractivity contribution in [2.24, 2.45) is 0 Å². The monoisotopic (exact) mass is 239 g/mol. The number of rotatable bonds is 3. The Balaban J connectivity index is 1.91.